The van der Waals surface area contributed by atoms with Crippen molar-refractivity contribution in [2.75, 3.05) is 11.3 Å². The number of nitrogens with one attached hydrogen (secondary N) is 3. The second-order valence-electron chi connectivity index (χ2n) is 7.20. The summed E-state index contributed by atoms with van der Waals surface area (Å²) in [6, 6.07) is 17.2. The third-order valence-corrected chi connectivity index (χ3v) is 6.34. The highest BCUT2D eigenvalue weighted by Gasteiger charge is 2.15. The van der Waals surface area contributed by atoms with E-state index in [4.69, 9.17) is 16.3 Å². The van der Waals surface area contributed by atoms with E-state index in [1.807, 2.05) is 13.8 Å². The van der Waals surface area contributed by atoms with E-state index in [2.05, 4.69) is 15.6 Å². The minimum Gasteiger partial charge on any atom is -0.484 e. The summed E-state index contributed by atoms with van der Waals surface area (Å²) in [5, 5.41) is 0.586. The van der Waals surface area contributed by atoms with Gasteiger partial charge in [-0.2, -0.15) is 0 Å². The summed E-state index contributed by atoms with van der Waals surface area (Å²) in [6.45, 7) is 3.34. The van der Waals surface area contributed by atoms with E-state index in [1.54, 1.807) is 30.3 Å². The summed E-state index contributed by atoms with van der Waals surface area (Å²) >= 11 is 5.95. The number of anilines is 1. The van der Waals surface area contributed by atoms with Gasteiger partial charge in [0.05, 0.1) is 4.90 Å². The van der Waals surface area contributed by atoms with Crippen LogP contribution in [0, 0.1) is 13.8 Å². The zero-order valence-corrected chi connectivity index (χ0v) is 19.5. The fourth-order valence-electron chi connectivity index (χ4n) is 2.75. The number of hydrogen-bond donors (Lipinski definition) is 3. The Bertz CT molecular complexity index is 1280. The summed E-state index contributed by atoms with van der Waals surface area (Å²) in [7, 11) is -3.81. The summed E-state index contributed by atoms with van der Waals surface area (Å²) in [4.78, 5) is 24.4. The summed E-state index contributed by atoms with van der Waals surface area (Å²) < 4.78 is 32.9. The SMILES string of the molecule is Cc1ccc(S(=O)(=O)Nc2cccc(C(=O)NNC(=O)COc3ccc(Cl)c(C)c3)c2)cc1. The largest absolute Gasteiger partial charge is 0.484 e. The van der Waals surface area contributed by atoms with E-state index in [1.165, 1.54) is 36.4 Å². The highest BCUT2D eigenvalue weighted by Crippen LogP contribution is 2.21. The van der Waals surface area contributed by atoms with Gasteiger partial charge < -0.3 is 4.74 Å². The molecular formula is C23H22ClN3O5S. The Labute approximate surface area is 196 Å². The van der Waals surface area contributed by atoms with Gasteiger partial charge in [0.1, 0.15) is 5.75 Å². The first-order valence-electron chi connectivity index (χ1n) is 9.82. The first kappa shape index (κ1) is 24.1. The number of halogens is 1. The van der Waals surface area contributed by atoms with Crippen LogP contribution in [0.15, 0.2) is 71.6 Å². The van der Waals surface area contributed by atoms with Crippen LogP contribution in [0.1, 0.15) is 21.5 Å². The highest BCUT2D eigenvalue weighted by atomic mass is 35.5. The third-order valence-electron chi connectivity index (χ3n) is 4.52. The second-order valence-corrected chi connectivity index (χ2v) is 9.29. The standard InChI is InChI=1S/C23H22ClN3O5S/c1-15-6-9-20(10-7-15)33(30,31)27-18-5-3-4-17(13-18)23(29)26-25-22(28)14-32-19-8-11-21(24)16(2)12-19/h3-13,27H,14H2,1-2H3,(H,25,28)(H,26,29). The fourth-order valence-corrected chi connectivity index (χ4v) is 3.91. The normalized spacial score (nSPS) is 10.9. The number of carbonyl (C=O) groups is 2. The van der Waals surface area contributed by atoms with Gasteiger partial charge in [-0.3, -0.25) is 25.2 Å². The number of aryl methyl sites for hydroxylation is 2. The summed E-state index contributed by atoms with van der Waals surface area (Å²) in [6.07, 6.45) is 0. The van der Waals surface area contributed by atoms with Crippen LogP contribution < -0.4 is 20.3 Å². The molecule has 3 aromatic carbocycles. The molecule has 0 aliphatic carbocycles. The number of rotatable bonds is 7. The molecule has 0 unspecified atom stereocenters. The van der Waals surface area contributed by atoms with Gasteiger partial charge in [0, 0.05) is 16.3 Å². The van der Waals surface area contributed by atoms with E-state index < -0.39 is 21.8 Å². The van der Waals surface area contributed by atoms with Crippen molar-refractivity contribution in [2.45, 2.75) is 18.7 Å². The monoisotopic (exact) mass is 487 g/mol. The predicted molar refractivity (Wildman–Crippen MR) is 126 cm³/mol. The van der Waals surface area contributed by atoms with E-state index >= 15 is 0 Å². The van der Waals surface area contributed by atoms with Gasteiger partial charge in [0.15, 0.2) is 6.61 Å². The molecular weight excluding hydrogens is 466 g/mol. The lowest BCUT2D eigenvalue weighted by atomic mass is 10.2. The molecule has 0 heterocycles. The molecule has 10 heteroatoms. The minimum absolute atomic E-state index is 0.103. The van der Waals surface area contributed by atoms with Crippen molar-refractivity contribution in [3.05, 3.63) is 88.4 Å². The topological polar surface area (TPSA) is 114 Å². The van der Waals surface area contributed by atoms with Crippen LogP contribution in [-0.2, 0) is 14.8 Å². The zero-order valence-electron chi connectivity index (χ0n) is 17.9. The molecule has 33 heavy (non-hydrogen) atoms. The first-order chi connectivity index (χ1) is 15.6. The lowest BCUT2D eigenvalue weighted by molar-refractivity contribution is -0.123. The molecule has 0 radical (unpaired) electrons. The molecule has 0 aromatic heterocycles. The molecule has 0 aliphatic heterocycles. The maximum absolute atomic E-state index is 12.5. The molecule has 8 nitrogen and oxygen atoms in total. The van der Waals surface area contributed by atoms with Gasteiger partial charge >= 0.3 is 0 Å². The molecule has 0 spiro atoms. The Hall–Kier alpha value is -3.56. The van der Waals surface area contributed by atoms with Crippen molar-refractivity contribution in [3.8, 4) is 5.75 Å². The lowest BCUT2D eigenvalue weighted by Gasteiger charge is -2.11. The van der Waals surface area contributed by atoms with Crippen LogP contribution in [0.2, 0.25) is 5.02 Å². The van der Waals surface area contributed by atoms with Crippen LogP contribution >= 0.6 is 11.6 Å². The van der Waals surface area contributed by atoms with Crippen LogP contribution in [0.3, 0.4) is 0 Å². The lowest BCUT2D eigenvalue weighted by Crippen LogP contribution is -2.43. The Balaban J connectivity index is 1.56. The molecule has 2 amide bonds. The van der Waals surface area contributed by atoms with Crippen molar-refractivity contribution >= 4 is 39.1 Å². The number of carbonyl (C=O) groups excluding carboxylic acids is 2. The van der Waals surface area contributed by atoms with Gasteiger partial charge in [0.25, 0.3) is 21.8 Å². The van der Waals surface area contributed by atoms with Gasteiger partial charge in [-0.15, -0.1) is 0 Å². The van der Waals surface area contributed by atoms with E-state index in [0.717, 1.165) is 11.1 Å². The highest BCUT2D eigenvalue weighted by molar-refractivity contribution is 7.92. The number of sulfonamides is 1. The second kappa shape index (κ2) is 10.4. The number of hydrazine groups is 1. The van der Waals surface area contributed by atoms with Crippen molar-refractivity contribution in [2.24, 2.45) is 0 Å². The van der Waals surface area contributed by atoms with Crippen molar-refractivity contribution in [3.63, 3.8) is 0 Å². The van der Waals surface area contributed by atoms with Crippen LogP contribution in [0.25, 0.3) is 0 Å². The predicted octanol–water partition coefficient (Wildman–Crippen LogP) is 3.60. The van der Waals surface area contributed by atoms with Gasteiger partial charge in [-0.25, -0.2) is 8.42 Å². The molecule has 172 valence electrons. The van der Waals surface area contributed by atoms with Crippen LogP contribution in [0.5, 0.6) is 5.75 Å². The summed E-state index contributed by atoms with van der Waals surface area (Å²) in [5.74, 6) is -0.735. The first-order valence-corrected chi connectivity index (χ1v) is 11.7. The van der Waals surface area contributed by atoms with Gasteiger partial charge in [0.2, 0.25) is 0 Å². The van der Waals surface area contributed by atoms with Crippen molar-refractivity contribution in [1.82, 2.24) is 10.9 Å². The van der Waals surface area contributed by atoms with Crippen LogP contribution in [-0.4, -0.2) is 26.8 Å². The quantitative estimate of drug-likeness (QED) is 0.441. The maximum Gasteiger partial charge on any atom is 0.276 e. The minimum atomic E-state index is -3.81. The summed E-state index contributed by atoms with van der Waals surface area (Å²) in [5.41, 5.74) is 6.61. The fraction of sp³-hybridized carbons (Fsp3) is 0.130. The molecule has 0 fully saturated rings. The van der Waals surface area contributed by atoms with Crippen LogP contribution in [0.4, 0.5) is 5.69 Å². The third kappa shape index (κ3) is 6.71. The smallest absolute Gasteiger partial charge is 0.276 e. The number of hydrogen-bond acceptors (Lipinski definition) is 5. The number of ether oxygens (including phenoxy) is 1. The van der Waals surface area contributed by atoms with E-state index in [0.29, 0.717) is 10.8 Å². The molecule has 0 atom stereocenters. The van der Waals surface area contributed by atoms with E-state index in [9.17, 15) is 18.0 Å². The van der Waals surface area contributed by atoms with Crippen molar-refractivity contribution in [1.29, 1.82) is 0 Å². The Kier molecular flexibility index (Phi) is 7.57. The molecule has 3 aromatic rings. The van der Waals surface area contributed by atoms with Gasteiger partial charge in [-0.1, -0.05) is 35.4 Å². The maximum atomic E-state index is 12.5. The Morgan fingerprint density at radius 2 is 1.67 bits per heavy atom. The molecule has 0 bridgehead atoms. The van der Waals surface area contributed by atoms with E-state index in [-0.39, 0.29) is 22.8 Å². The van der Waals surface area contributed by atoms with Crippen molar-refractivity contribution < 1.29 is 22.7 Å². The number of benzene rings is 3. The average Bonchev–Trinajstić information content (AvgIpc) is 2.78. The zero-order chi connectivity index (χ0) is 24.0. The Morgan fingerprint density at radius 3 is 2.36 bits per heavy atom. The molecule has 0 aliphatic rings. The molecule has 0 saturated carbocycles. The Morgan fingerprint density at radius 1 is 0.939 bits per heavy atom. The molecule has 3 rings (SSSR count). The number of amides is 2. The molecule has 0 saturated heterocycles. The average molecular weight is 488 g/mol. The molecule has 3 N–H and O–H groups in total. The van der Waals surface area contributed by atoms with Gasteiger partial charge in [-0.05, 0) is 67.9 Å².